The van der Waals surface area contributed by atoms with Crippen LogP contribution in [0.3, 0.4) is 0 Å². The van der Waals surface area contributed by atoms with Crippen molar-refractivity contribution in [2.45, 2.75) is 51.7 Å². The van der Waals surface area contributed by atoms with E-state index in [2.05, 4.69) is 34.6 Å². The summed E-state index contributed by atoms with van der Waals surface area (Å²) in [5.41, 5.74) is 3.67. The third kappa shape index (κ3) is 5.08. The van der Waals surface area contributed by atoms with Gasteiger partial charge in [-0.15, -0.1) is 24.8 Å². The quantitative estimate of drug-likeness (QED) is 0.847. The number of amides is 1. The number of hydrogen-bond acceptors (Lipinski definition) is 3. The summed E-state index contributed by atoms with van der Waals surface area (Å²) in [5, 5.41) is 6.51. The van der Waals surface area contributed by atoms with Crippen LogP contribution < -0.4 is 10.6 Å². The van der Waals surface area contributed by atoms with Crippen molar-refractivity contribution in [3.63, 3.8) is 0 Å². The average molecular weight is 360 g/mol. The van der Waals surface area contributed by atoms with E-state index in [-0.39, 0.29) is 30.7 Å². The van der Waals surface area contributed by atoms with E-state index in [1.54, 1.807) is 0 Å². The minimum atomic E-state index is 0. The first-order chi connectivity index (χ1) is 10.3. The monoisotopic (exact) mass is 359 g/mol. The topological polar surface area (TPSA) is 44.4 Å². The van der Waals surface area contributed by atoms with Gasteiger partial charge in [-0.05, 0) is 49.5 Å². The molecule has 130 valence electrons. The van der Waals surface area contributed by atoms with Gasteiger partial charge in [-0.1, -0.05) is 19.1 Å². The maximum Gasteiger partial charge on any atom is 0.225 e. The summed E-state index contributed by atoms with van der Waals surface area (Å²) >= 11 is 0. The number of anilines is 1. The summed E-state index contributed by atoms with van der Waals surface area (Å²) in [7, 11) is 0. The van der Waals surface area contributed by atoms with Crippen LogP contribution in [0.25, 0.3) is 0 Å². The highest BCUT2D eigenvalue weighted by Crippen LogP contribution is 2.29. The van der Waals surface area contributed by atoms with E-state index in [1.165, 1.54) is 24.0 Å². The van der Waals surface area contributed by atoms with Gasteiger partial charge in [-0.25, -0.2) is 0 Å². The van der Waals surface area contributed by atoms with Crippen molar-refractivity contribution in [2.75, 3.05) is 18.4 Å². The van der Waals surface area contributed by atoms with Gasteiger partial charge in [0.25, 0.3) is 0 Å². The molecule has 2 N–H and O–H groups in total. The predicted octanol–water partition coefficient (Wildman–Crippen LogP) is 3.34. The van der Waals surface area contributed by atoms with Crippen LogP contribution in [0.15, 0.2) is 18.2 Å². The van der Waals surface area contributed by atoms with Crippen molar-refractivity contribution in [3.05, 3.63) is 29.3 Å². The number of halogens is 2. The van der Waals surface area contributed by atoms with Gasteiger partial charge in [0.2, 0.25) is 5.91 Å². The second kappa shape index (κ2) is 9.48. The minimum absolute atomic E-state index is 0. The van der Waals surface area contributed by atoms with Crippen molar-refractivity contribution in [1.29, 1.82) is 0 Å². The number of carbonyl (C=O) groups excluding carboxylic acids is 1. The van der Waals surface area contributed by atoms with Gasteiger partial charge in [0.05, 0.1) is 0 Å². The molecule has 1 unspecified atom stereocenters. The van der Waals surface area contributed by atoms with Crippen LogP contribution >= 0.6 is 24.8 Å². The van der Waals surface area contributed by atoms with Gasteiger partial charge < -0.3 is 10.6 Å². The zero-order valence-corrected chi connectivity index (χ0v) is 15.3. The zero-order chi connectivity index (χ0) is 14.7. The predicted molar refractivity (Wildman–Crippen MR) is 99.6 cm³/mol. The fraction of sp³-hybridized carbons (Fsp3) is 0.588. The molecule has 23 heavy (non-hydrogen) atoms. The third-order valence-corrected chi connectivity index (χ3v) is 4.46. The maximum atomic E-state index is 12.2. The lowest BCUT2D eigenvalue weighted by atomic mass is 10.1. The molecule has 1 amide bonds. The summed E-state index contributed by atoms with van der Waals surface area (Å²) in [4.78, 5) is 14.7. The Morgan fingerprint density at radius 3 is 2.87 bits per heavy atom. The van der Waals surface area contributed by atoms with Crippen LogP contribution in [0.5, 0.6) is 0 Å². The Kier molecular flexibility index (Phi) is 8.34. The Morgan fingerprint density at radius 2 is 2.17 bits per heavy atom. The van der Waals surface area contributed by atoms with E-state index >= 15 is 0 Å². The summed E-state index contributed by atoms with van der Waals surface area (Å²) in [6.07, 6.45) is 4.06. The van der Waals surface area contributed by atoms with Crippen LogP contribution in [-0.2, 0) is 17.9 Å². The van der Waals surface area contributed by atoms with Crippen molar-refractivity contribution in [3.8, 4) is 0 Å². The number of rotatable bonds is 5. The maximum absolute atomic E-state index is 12.2. The van der Waals surface area contributed by atoms with E-state index in [1.807, 2.05) is 6.07 Å². The Labute approximate surface area is 151 Å². The van der Waals surface area contributed by atoms with Gasteiger partial charge in [0.1, 0.15) is 0 Å². The van der Waals surface area contributed by atoms with Gasteiger partial charge in [0, 0.05) is 31.2 Å². The first-order valence-corrected chi connectivity index (χ1v) is 8.12. The molecule has 2 aliphatic heterocycles. The van der Waals surface area contributed by atoms with Crippen molar-refractivity contribution in [2.24, 2.45) is 0 Å². The molecule has 6 heteroatoms. The summed E-state index contributed by atoms with van der Waals surface area (Å²) in [6, 6.07) is 6.63. The van der Waals surface area contributed by atoms with E-state index in [4.69, 9.17) is 0 Å². The molecule has 1 atom stereocenters. The summed E-state index contributed by atoms with van der Waals surface area (Å²) < 4.78 is 0. The van der Waals surface area contributed by atoms with Crippen molar-refractivity contribution < 1.29 is 4.79 Å². The Balaban J connectivity index is 0.00000132. The van der Waals surface area contributed by atoms with Crippen LogP contribution in [0, 0.1) is 0 Å². The van der Waals surface area contributed by atoms with Crippen LogP contribution in [-0.4, -0.2) is 29.9 Å². The molecule has 1 fully saturated rings. The molecule has 1 aromatic carbocycles. The van der Waals surface area contributed by atoms with Gasteiger partial charge in [-0.2, -0.15) is 0 Å². The molecular weight excluding hydrogens is 333 g/mol. The average Bonchev–Trinajstić information content (AvgIpc) is 3.08. The molecular formula is C17H27Cl2N3O. The Morgan fingerprint density at radius 1 is 1.35 bits per heavy atom. The number of nitrogens with one attached hydrogen (secondary N) is 2. The summed E-state index contributed by atoms with van der Waals surface area (Å²) in [5.74, 6) is 0.136. The van der Waals surface area contributed by atoms with E-state index in [9.17, 15) is 4.79 Å². The van der Waals surface area contributed by atoms with Crippen LogP contribution in [0.4, 0.5) is 5.69 Å². The molecule has 3 rings (SSSR count). The fourth-order valence-corrected chi connectivity index (χ4v) is 3.44. The minimum Gasteiger partial charge on any atom is -0.326 e. The highest BCUT2D eigenvalue weighted by atomic mass is 35.5. The molecule has 2 aliphatic rings. The van der Waals surface area contributed by atoms with E-state index in [0.29, 0.717) is 12.5 Å². The number of nitrogens with zero attached hydrogens (tertiary/aromatic N) is 1. The van der Waals surface area contributed by atoms with Crippen LogP contribution in [0.2, 0.25) is 0 Å². The number of carbonyl (C=O) groups is 1. The van der Waals surface area contributed by atoms with Gasteiger partial charge >= 0.3 is 0 Å². The number of hydrogen-bond donors (Lipinski definition) is 2. The molecule has 0 aliphatic carbocycles. The molecule has 1 aromatic rings. The Hall–Kier alpha value is -0.810. The molecule has 1 saturated heterocycles. The smallest absolute Gasteiger partial charge is 0.225 e. The second-order valence-corrected chi connectivity index (χ2v) is 6.20. The molecule has 0 radical (unpaired) electrons. The van der Waals surface area contributed by atoms with Gasteiger partial charge in [0.15, 0.2) is 0 Å². The first kappa shape index (κ1) is 20.2. The normalized spacial score (nSPS) is 19.6. The highest BCUT2D eigenvalue weighted by molar-refractivity contribution is 5.92. The summed E-state index contributed by atoms with van der Waals surface area (Å²) in [6.45, 7) is 6.34. The lowest BCUT2D eigenvalue weighted by Crippen LogP contribution is -2.27. The van der Waals surface area contributed by atoms with Crippen molar-refractivity contribution in [1.82, 2.24) is 10.2 Å². The SMILES string of the molecule is CCCN1Cc2cccc(NC(=O)CC3CCCN3)c2C1.Cl.Cl. The van der Waals surface area contributed by atoms with E-state index in [0.717, 1.165) is 38.3 Å². The Bertz CT molecular complexity index is 519. The fourth-order valence-electron chi connectivity index (χ4n) is 3.44. The molecule has 4 nitrogen and oxygen atoms in total. The number of benzene rings is 1. The van der Waals surface area contributed by atoms with Gasteiger partial charge in [-0.3, -0.25) is 9.69 Å². The second-order valence-electron chi connectivity index (χ2n) is 6.20. The molecule has 0 saturated carbocycles. The third-order valence-electron chi connectivity index (χ3n) is 4.46. The van der Waals surface area contributed by atoms with E-state index < -0.39 is 0 Å². The molecule has 2 heterocycles. The highest BCUT2D eigenvalue weighted by Gasteiger charge is 2.22. The standard InChI is InChI=1S/C17H25N3O.2ClH/c1-2-9-20-11-13-5-3-7-16(15(13)12-20)19-17(21)10-14-6-4-8-18-14;;/h3,5,7,14,18H,2,4,6,8-12H2,1H3,(H,19,21);2*1H. The lowest BCUT2D eigenvalue weighted by Gasteiger charge is -2.14. The zero-order valence-electron chi connectivity index (χ0n) is 13.6. The largest absolute Gasteiger partial charge is 0.326 e. The first-order valence-electron chi connectivity index (χ1n) is 8.12. The molecule has 0 bridgehead atoms. The number of fused-ring (bicyclic) bond motifs is 1. The molecule has 0 spiro atoms. The van der Waals surface area contributed by atoms with Crippen LogP contribution in [0.1, 0.15) is 43.7 Å². The van der Waals surface area contributed by atoms with Crippen molar-refractivity contribution >= 4 is 36.4 Å². The molecule has 0 aromatic heterocycles. The lowest BCUT2D eigenvalue weighted by molar-refractivity contribution is -0.116.